The molecule has 2 nitrogen and oxygen atoms in total. The Morgan fingerprint density at radius 3 is 2.09 bits per heavy atom. The maximum absolute atomic E-state index is 12.4. The van der Waals surface area contributed by atoms with Gasteiger partial charge in [0.15, 0.2) is 0 Å². The van der Waals surface area contributed by atoms with Crippen molar-refractivity contribution >= 4 is 27.6 Å². The Morgan fingerprint density at radius 2 is 1.64 bits per heavy atom. The van der Waals surface area contributed by atoms with Crippen LogP contribution in [0.2, 0.25) is 4.87 Å². The van der Waals surface area contributed by atoms with Gasteiger partial charge in [0.05, 0.1) is 0 Å². The maximum atomic E-state index is 12.4. The molecule has 2 rings (SSSR count). The van der Waals surface area contributed by atoms with Crippen LogP contribution < -0.4 is 0 Å². The van der Waals surface area contributed by atoms with Gasteiger partial charge in [-0.25, -0.2) is 0 Å². The van der Waals surface area contributed by atoms with Gasteiger partial charge in [-0.05, 0) is 0 Å². The first-order valence-corrected chi connectivity index (χ1v) is 12.0. The zero-order valence-corrected chi connectivity index (χ0v) is 16.0. The summed E-state index contributed by atoms with van der Waals surface area (Å²) in [4.78, 5) is 14.5. The molecule has 2 atom stereocenters. The molecule has 1 N–H and O–H groups in total. The molecule has 0 heterocycles. The van der Waals surface area contributed by atoms with Crippen molar-refractivity contribution in [1.29, 1.82) is 0 Å². The summed E-state index contributed by atoms with van der Waals surface area (Å²) in [5.74, 6) is -0.606. The van der Waals surface area contributed by atoms with Crippen LogP contribution in [0.25, 0.3) is 0 Å². The first-order chi connectivity index (χ1) is 10.7. The van der Waals surface area contributed by atoms with E-state index in [2.05, 4.69) is 23.9 Å². The minimum absolute atomic E-state index is 0.0511. The van der Waals surface area contributed by atoms with Gasteiger partial charge in [0, 0.05) is 0 Å². The first-order valence-electron chi connectivity index (χ1n) is 7.69. The molecule has 0 aliphatic rings. The van der Waals surface area contributed by atoms with Crippen LogP contribution in [0.4, 0.5) is 0 Å². The molecule has 0 aromatic heterocycles. The number of carbonyl (C=O) groups is 1. The van der Waals surface area contributed by atoms with E-state index in [0.717, 1.165) is 24.0 Å². The number of carboxylic acids is 1. The zero-order chi connectivity index (χ0) is 16.0. The van der Waals surface area contributed by atoms with Crippen molar-refractivity contribution in [1.82, 2.24) is 0 Å². The van der Waals surface area contributed by atoms with Gasteiger partial charge in [-0.15, -0.1) is 0 Å². The first kappa shape index (κ1) is 17.1. The van der Waals surface area contributed by atoms with E-state index in [9.17, 15) is 9.90 Å². The quantitative estimate of drug-likeness (QED) is 0.707. The second-order valence-corrected chi connectivity index (χ2v) is 9.16. The molecular weight excluding hydrogens is 382 g/mol. The molecule has 0 saturated carbocycles. The molecule has 116 valence electrons. The van der Waals surface area contributed by atoms with Gasteiger partial charge >= 0.3 is 143 Å². The van der Waals surface area contributed by atoms with Gasteiger partial charge in [0.1, 0.15) is 0 Å². The number of hydrogen-bond acceptors (Lipinski definition) is 1. The number of rotatable bonds is 7. The van der Waals surface area contributed by atoms with Crippen LogP contribution in [0, 0.1) is 0 Å². The second-order valence-electron chi connectivity index (χ2n) is 5.48. The monoisotopic (exact) mass is 404 g/mol. The Bertz CT molecular complexity index is 597. The van der Waals surface area contributed by atoms with Gasteiger partial charge in [0.25, 0.3) is 0 Å². The van der Waals surface area contributed by atoms with Gasteiger partial charge < -0.3 is 0 Å². The van der Waals surface area contributed by atoms with Gasteiger partial charge in [-0.1, -0.05) is 0 Å². The standard InChI is InChI=1S/C18H19O2.CH3.Sb.H/c1-2-9-16(14-10-5-3-6-11-14)17(18(19)20)15-12-7-4-8-13-15;;;/h3-8,10-13,16H,2,9H2,1H3,(H,19,20);1H3;;. The van der Waals surface area contributed by atoms with Crippen molar-refractivity contribution in [3.8, 4) is 0 Å². The molecule has 0 amide bonds. The van der Waals surface area contributed by atoms with Crippen LogP contribution in [0.3, 0.4) is 0 Å². The molecule has 0 fully saturated rings. The summed E-state index contributed by atoms with van der Waals surface area (Å²) in [5, 5.41) is 10.2. The van der Waals surface area contributed by atoms with Crippen molar-refractivity contribution < 1.29 is 9.90 Å². The van der Waals surface area contributed by atoms with E-state index in [1.807, 2.05) is 48.5 Å². The fourth-order valence-electron chi connectivity index (χ4n) is 3.21. The summed E-state index contributed by atoms with van der Waals surface area (Å²) < 4.78 is -0.706. The molecule has 2 unspecified atom stereocenters. The van der Waals surface area contributed by atoms with E-state index < -0.39 is 30.9 Å². The zero-order valence-electron chi connectivity index (χ0n) is 13.1. The predicted octanol–water partition coefficient (Wildman–Crippen LogP) is 4.04. The Labute approximate surface area is 143 Å². The molecule has 0 bridgehead atoms. The van der Waals surface area contributed by atoms with Gasteiger partial charge in [-0.3, -0.25) is 0 Å². The van der Waals surface area contributed by atoms with E-state index in [4.69, 9.17) is 0 Å². The Balaban J connectivity index is 2.62. The summed E-state index contributed by atoms with van der Waals surface area (Å²) in [5.41, 5.74) is 2.12. The molecule has 0 aliphatic heterocycles. The Kier molecular flexibility index (Phi) is 6.08. The SMILES string of the molecule is CCCC(c1ccccc1)[C]([SbH][CH3])(C(=O)O)c1ccccc1. The fraction of sp³-hybridized carbons (Fsp3) is 0.316. The summed E-state index contributed by atoms with van der Waals surface area (Å²) in [7, 11) is 0. The van der Waals surface area contributed by atoms with Crippen LogP contribution in [-0.4, -0.2) is 32.7 Å². The van der Waals surface area contributed by atoms with E-state index in [1.165, 1.54) is 0 Å². The van der Waals surface area contributed by atoms with E-state index in [1.54, 1.807) is 0 Å². The average molecular weight is 405 g/mol. The Morgan fingerprint density at radius 1 is 1.09 bits per heavy atom. The van der Waals surface area contributed by atoms with Crippen molar-refractivity contribution in [2.24, 2.45) is 0 Å². The van der Waals surface area contributed by atoms with E-state index >= 15 is 0 Å². The number of aliphatic carboxylic acids is 1. The van der Waals surface area contributed by atoms with Crippen LogP contribution in [0.15, 0.2) is 60.7 Å². The topological polar surface area (TPSA) is 37.3 Å². The minimum atomic E-state index is -1.15. The number of carboxylic acid groups (broad SMARTS) is 1. The molecule has 3 heteroatoms. The third kappa shape index (κ3) is 3.22. The van der Waals surface area contributed by atoms with Gasteiger partial charge in [0.2, 0.25) is 0 Å². The van der Waals surface area contributed by atoms with Crippen molar-refractivity contribution in [3.05, 3.63) is 71.8 Å². The van der Waals surface area contributed by atoms with Gasteiger partial charge in [-0.2, -0.15) is 0 Å². The Hall–Kier alpha value is -1.27. The number of benzene rings is 2. The van der Waals surface area contributed by atoms with Crippen molar-refractivity contribution in [2.45, 2.75) is 33.9 Å². The normalized spacial score (nSPS) is 15.0. The molecule has 0 aliphatic carbocycles. The molecular formula is C19H23O2Sb. The molecule has 0 radical (unpaired) electrons. The second kappa shape index (κ2) is 7.83. The summed E-state index contributed by atoms with van der Waals surface area (Å²) >= 11 is -1.15. The van der Waals surface area contributed by atoms with Crippen LogP contribution in [-0.2, 0) is 8.16 Å². The summed E-state index contributed by atoms with van der Waals surface area (Å²) in [6.45, 7) is 2.13. The van der Waals surface area contributed by atoms with E-state index in [0.29, 0.717) is 0 Å². The fourth-order valence-corrected chi connectivity index (χ4v) is 7.00. The molecule has 0 saturated heterocycles. The summed E-state index contributed by atoms with van der Waals surface area (Å²) in [6, 6.07) is 20.0. The van der Waals surface area contributed by atoms with Crippen molar-refractivity contribution in [2.75, 3.05) is 0 Å². The van der Waals surface area contributed by atoms with Crippen LogP contribution in [0.5, 0.6) is 0 Å². The van der Waals surface area contributed by atoms with Crippen LogP contribution >= 0.6 is 0 Å². The van der Waals surface area contributed by atoms with E-state index in [-0.39, 0.29) is 5.92 Å². The van der Waals surface area contributed by atoms with Crippen molar-refractivity contribution in [3.63, 3.8) is 0 Å². The summed E-state index contributed by atoms with van der Waals surface area (Å²) in [6.07, 6.45) is 1.89. The number of hydrogen-bond donors (Lipinski definition) is 1. The molecule has 22 heavy (non-hydrogen) atoms. The van der Waals surface area contributed by atoms with Crippen LogP contribution in [0.1, 0.15) is 36.8 Å². The average Bonchev–Trinajstić information content (AvgIpc) is 2.56. The third-order valence-electron chi connectivity index (χ3n) is 4.26. The predicted molar refractivity (Wildman–Crippen MR) is 92.9 cm³/mol. The molecule has 2 aromatic carbocycles. The third-order valence-corrected chi connectivity index (χ3v) is 8.94. The molecule has 0 spiro atoms. The molecule has 2 aromatic rings.